The molecule has 0 aromatic carbocycles. The summed E-state index contributed by atoms with van der Waals surface area (Å²) in [6, 6.07) is -3.24. The van der Waals surface area contributed by atoms with Gasteiger partial charge in [-0.3, -0.25) is 19.2 Å². The van der Waals surface area contributed by atoms with Crippen LogP contribution in [0.1, 0.15) is 61.8 Å². The van der Waals surface area contributed by atoms with Crippen LogP contribution in [0.15, 0.2) is 0 Å². The van der Waals surface area contributed by atoms with Crippen molar-refractivity contribution in [3.63, 3.8) is 0 Å². The Morgan fingerprint density at radius 1 is 1.03 bits per heavy atom. The van der Waals surface area contributed by atoms with Crippen LogP contribution in [0.3, 0.4) is 0 Å². The molecule has 10 heteroatoms. The molecule has 0 bridgehead atoms. The lowest BCUT2D eigenvalue weighted by molar-refractivity contribution is -0.143. The molecular weight excluding hydrogens is 414 g/mol. The minimum Gasteiger partial charge on any atom is -0.363 e. The van der Waals surface area contributed by atoms with E-state index in [2.05, 4.69) is 16.0 Å². The molecule has 1 aliphatic heterocycles. The molecule has 1 heterocycles. The van der Waals surface area contributed by atoms with Crippen LogP contribution in [0.5, 0.6) is 0 Å². The molecule has 1 saturated heterocycles. The topological polar surface area (TPSA) is 151 Å². The first-order chi connectivity index (χ1) is 14.5. The molecule has 0 aliphatic carbocycles. The van der Waals surface area contributed by atoms with Gasteiger partial charge in [-0.15, -0.1) is 0 Å². The quantitative estimate of drug-likeness (QED) is 0.415. The molecule has 0 radical (unpaired) electrons. The average molecular weight is 454 g/mol. The van der Waals surface area contributed by atoms with Gasteiger partial charge in [0.05, 0.1) is 6.04 Å². The maximum Gasteiger partial charge on any atom is 0.315 e. The summed E-state index contributed by atoms with van der Waals surface area (Å²) in [5.41, 5.74) is 4.27. The van der Waals surface area contributed by atoms with Gasteiger partial charge in [0.2, 0.25) is 17.6 Å². The standard InChI is InChI=1S/C22H39N5O5/c1-12-9-10-27(14(12)18(30)25-13(2)15(28)17(23)29)19(31)16(22(6,7)8)26-20(32)24-11-21(3,4)5/h12-14,16H,9-11H2,1-8H3,(H2,23,29)(H,25,30)(H2,24,26,32)/t12?,13?,14-,16?/m0/s1. The lowest BCUT2D eigenvalue weighted by Crippen LogP contribution is -2.60. The van der Waals surface area contributed by atoms with Crippen molar-refractivity contribution in [3.8, 4) is 0 Å². The Hall–Kier alpha value is -2.65. The molecule has 1 fully saturated rings. The van der Waals surface area contributed by atoms with Crippen molar-refractivity contribution in [2.45, 2.75) is 79.9 Å². The van der Waals surface area contributed by atoms with Gasteiger partial charge in [-0.05, 0) is 30.1 Å². The van der Waals surface area contributed by atoms with Gasteiger partial charge >= 0.3 is 6.03 Å². The summed E-state index contributed by atoms with van der Waals surface area (Å²) in [6.07, 6.45) is 0.592. The molecule has 4 atom stereocenters. The number of primary amides is 1. The van der Waals surface area contributed by atoms with Crippen LogP contribution in [0.2, 0.25) is 0 Å². The van der Waals surface area contributed by atoms with E-state index in [1.807, 2.05) is 48.5 Å². The Morgan fingerprint density at radius 3 is 2.06 bits per heavy atom. The number of amides is 5. The van der Waals surface area contributed by atoms with E-state index in [-0.39, 0.29) is 17.2 Å². The van der Waals surface area contributed by atoms with Crippen LogP contribution in [-0.2, 0) is 19.2 Å². The van der Waals surface area contributed by atoms with Crippen LogP contribution >= 0.6 is 0 Å². The van der Waals surface area contributed by atoms with Crippen molar-refractivity contribution in [3.05, 3.63) is 0 Å². The van der Waals surface area contributed by atoms with Gasteiger partial charge in [0, 0.05) is 13.1 Å². The largest absolute Gasteiger partial charge is 0.363 e. The lowest BCUT2D eigenvalue weighted by Gasteiger charge is -2.36. The smallest absolute Gasteiger partial charge is 0.315 e. The second kappa shape index (κ2) is 10.3. The highest BCUT2D eigenvalue weighted by Crippen LogP contribution is 2.29. The van der Waals surface area contributed by atoms with E-state index >= 15 is 0 Å². The molecule has 0 saturated carbocycles. The summed E-state index contributed by atoms with van der Waals surface area (Å²) >= 11 is 0. The van der Waals surface area contributed by atoms with Crippen LogP contribution in [0.25, 0.3) is 0 Å². The van der Waals surface area contributed by atoms with E-state index in [9.17, 15) is 24.0 Å². The zero-order chi connectivity index (χ0) is 25.0. The van der Waals surface area contributed by atoms with E-state index in [0.29, 0.717) is 19.5 Å². The van der Waals surface area contributed by atoms with Crippen molar-refractivity contribution >= 4 is 29.5 Å². The zero-order valence-corrected chi connectivity index (χ0v) is 20.5. The van der Waals surface area contributed by atoms with Crippen molar-refractivity contribution < 1.29 is 24.0 Å². The van der Waals surface area contributed by atoms with Crippen molar-refractivity contribution in [1.82, 2.24) is 20.9 Å². The van der Waals surface area contributed by atoms with E-state index in [1.54, 1.807) is 0 Å². The molecule has 1 rings (SSSR count). The predicted octanol–water partition coefficient (Wildman–Crippen LogP) is 0.543. The van der Waals surface area contributed by atoms with Crippen molar-refractivity contribution in [2.75, 3.05) is 13.1 Å². The highest BCUT2D eigenvalue weighted by atomic mass is 16.2. The van der Waals surface area contributed by atoms with Gasteiger partial charge in [0.25, 0.3) is 5.91 Å². The third-order valence-electron chi connectivity index (χ3n) is 5.41. The summed E-state index contributed by atoms with van der Waals surface area (Å²) in [7, 11) is 0. The Balaban J connectivity index is 3.02. The van der Waals surface area contributed by atoms with Gasteiger partial charge in [-0.2, -0.15) is 0 Å². The van der Waals surface area contributed by atoms with Crippen molar-refractivity contribution in [1.29, 1.82) is 0 Å². The first-order valence-electron chi connectivity index (χ1n) is 10.9. The highest BCUT2D eigenvalue weighted by molar-refractivity contribution is 6.37. The molecule has 0 aromatic heterocycles. The Bertz CT molecular complexity index is 753. The number of nitrogens with zero attached hydrogens (tertiary/aromatic N) is 1. The fraction of sp³-hybridized carbons (Fsp3) is 0.773. The summed E-state index contributed by atoms with van der Waals surface area (Å²) in [5.74, 6) is -3.11. The number of ketones is 1. The van der Waals surface area contributed by atoms with Gasteiger partial charge in [-0.25, -0.2) is 4.79 Å². The number of hydrogen-bond donors (Lipinski definition) is 4. The average Bonchev–Trinajstić information content (AvgIpc) is 3.03. The normalized spacial score (nSPS) is 20.8. The number of hydrogen-bond acceptors (Lipinski definition) is 5. The number of nitrogens with one attached hydrogen (secondary N) is 3. The first kappa shape index (κ1) is 27.4. The number of carbonyl (C=O) groups excluding carboxylic acids is 5. The van der Waals surface area contributed by atoms with Crippen LogP contribution < -0.4 is 21.7 Å². The van der Waals surface area contributed by atoms with Gasteiger partial charge in [0.1, 0.15) is 12.1 Å². The minimum absolute atomic E-state index is 0.120. The second-order valence-corrected chi connectivity index (χ2v) is 10.9. The molecule has 10 nitrogen and oxygen atoms in total. The monoisotopic (exact) mass is 453 g/mol. The molecule has 0 aromatic rings. The van der Waals surface area contributed by atoms with E-state index in [1.165, 1.54) is 11.8 Å². The third kappa shape index (κ3) is 7.49. The highest BCUT2D eigenvalue weighted by Gasteiger charge is 2.45. The van der Waals surface area contributed by atoms with Crippen LogP contribution in [0, 0.1) is 16.7 Å². The number of likely N-dealkylation sites (tertiary alicyclic amines) is 1. The molecular formula is C22H39N5O5. The molecule has 3 unspecified atom stereocenters. The fourth-order valence-corrected chi connectivity index (χ4v) is 3.51. The lowest BCUT2D eigenvalue weighted by atomic mass is 9.85. The van der Waals surface area contributed by atoms with Crippen LogP contribution in [-0.4, -0.2) is 65.7 Å². The third-order valence-corrected chi connectivity index (χ3v) is 5.41. The van der Waals surface area contributed by atoms with Gasteiger partial charge < -0.3 is 26.6 Å². The SMILES string of the molecule is CC(NC(=O)[C@@H]1C(C)CCN1C(=O)C(NC(=O)NCC(C)(C)C)C(C)(C)C)C(=O)C(N)=O. The number of carbonyl (C=O) groups is 5. The van der Waals surface area contributed by atoms with Crippen LogP contribution in [0.4, 0.5) is 4.79 Å². The summed E-state index contributed by atoms with van der Waals surface area (Å²) in [5, 5.41) is 8.04. The van der Waals surface area contributed by atoms with Crippen molar-refractivity contribution in [2.24, 2.45) is 22.5 Å². The first-order valence-corrected chi connectivity index (χ1v) is 10.9. The number of Topliss-reactive ketones (excluding diaryl/α,β-unsaturated/α-hetero) is 1. The van der Waals surface area contributed by atoms with E-state index < -0.39 is 47.2 Å². The number of nitrogens with two attached hydrogens (primary N) is 1. The molecule has 32 heavy (non-hydrogen) atoms. The Kier molecular flexibility index (Phi) is 8.82. The maximum atomic E-state index is 13.5. The maximum absolute atomic E-state index is 13.5. The summed E-state index contributed by atoms with van der Waals surface area (Å²) < 4.78 is 0. The Labute approximate surface area is 190 Å². The molecule has 0 spiro atoms. The van der Waals surface area contributed by atoms with E-state index in [0.717, 1.165) is 0 Å². The number of urea groups is 1. The molecule has 182 valence electrons. The zero-order valence-electron chi connectivity index (χ0n) is 20.5. The predicted molar refractivity (Wildman–Crippen MR) is 120 cm³/mol. The molecule has 5 N–H and O–H groups in total. The Morgan fingerprint density at radius 2 is 1.59 bits per heavy atom. The molecule has 1 aliphatic rings. The summed E-state index contributed by atoms with van der Waals surface area (Å²) in [6.45, 7) is 15.4. The van der Waals surface area contributed by atoms with Gasteiger partial charge in [-0.1, -0.05) is 48.5 Å². The van der Waals surface area contributed by atoms with Gasteiger partial charge in [0.15, 0.2) is 0 Å². The molecule has 5 amide bonds. The number of rotatable bonds is 7. The van der Waals surface area contributed by atoms with E-state index in [4.69, 9.17) is 5.73 Å². The second-order valence-electron chi connectivity index (χ2n) is 10.9. The minimum atomic E-state index is -1.14. The fourth-order valence-electron chi connectivity index (χ4n) is 3.51. The summed E-state index contributed by atoms with van der Waals surface area (Å²) in [4.78, 5) is 63.2.